The van der Waals surface area contributed by atoms with Crippen molar-refractivity contribution < 1.29 is 18.7 Å². The summed E-state index contributed by atoms with van der Waals surface area (Å²) >= 11 is 5.82. The van der Waals surface area contributed by atoms with Gasteiger partial charge in [0.05, 0.1) is 10.7 Å². The quantitative estimate of drug-likeness (QED) is 0.830. The van der Waals surface area contributed by atoms with E-state index in [9.17, 15) is 14.0 Å². The van der Waals surface area contributed by atoms with E-state index >= 15 is 0 Å². The molecule has 124 valence electrons. The van der Waals surface area contributed by atoms with Crippen molar-refractivity contribution in [2.45, 2.75) is 32.1 Å². The molecule has 0 saturated heterocycles. The lowest BCUT2D eigenvalue weighted by Crippen LogP contribution is -2.23. The summed E-state index contributed by atoms with van der Waals surface area (Å²) in [5.41, 5.74) is 0.294. The molecule has 1 amide bonds. The number of rotatable bonds is 5. The first kappa shape index (κ1) is 16.2. The third-order valence-electron chi connectivity index (χ3n) is 4.88. The first-order chi connectivity index (χ1) is 11.0. The highest BCUT2D eigenvalue weighted by Crippen LogP contribution is 2.49. The number of esters is 1. The van der Waals surface area contributed by atoms with E-state index in [0.29, 0.717) is 23.9 Å². The highest BCUT2D eigenvalue weighted by molar-refractivity contribution is 6.33. The fourth-order valence-electron chi connectivity index (χ4n) is 3.82. The Labute approximate surface area is 139 Å². The van der Waals surface area contributed by atoms with Gasteiger partial charge < -0.3 is 10.1 Å². The van der Waals surface area contributed by atoms with Crippen LogP contribution in [-0.4, -0.2) is 18.5 Å². The maximum Gasteiger partial charge on any atom is 0.306 e. The monoisotopic (exact) mass is 339 g/mol. The van der Waals surface area contributed by atoms with Gasteiger partial charge in [0.2, 0.25) is 0 Å². The van der Waals surface area contributed by atoms with Gasteiger partial charge >= 0.3 is 5.97 Å². The average Bonchev–Trinajstić information content (AvgIpc) is 3.11. The van der Waals surface area contributed by atoms with E-state index in [1.807, 2.05) is 0 Å². The van der Waals surface area contributed by atoms with Gasteiger partial charge in [-0.15, -0.1) is 0 Å². The molecule has 6 heteroatoms. The molecule has 2 aliphatic rings. The number of anilines is 1. The van der Waals surface area contributed by atoms with Crippen LogP contribution in [-0.2, 0) is 14.3 Å². The van der Waals surface area contributed by atoms with Gasteiger partial charge in [-0.1, -0.05) is 18.0 Å². The van der Waals surface area contributed by atoms with Gasteiger partial charge in [0.1, 0.15) is 5.82 Å². The summed E-state index contributed by atoms with van der Waals surface area (Å²) in [5.74, 6) is 0.546. The molecular weight excluding hydrogens is 321 g/mol. The molecule has 1 N–H and O–H groups in total. The van der Waals surface area contributed by atoms with Crippen LogP contribution in [0.25, 0.3) is 0 Å². The molecule has 1 aromatic carbocycles. The van der Waals surface area contributed by atoms with Crippen molar-refractivity contribution >= 4 is 29.2 Å². The zero-order chi connectivity index (χ0) is 16.4. The van der Waals surface area contributed by atoms with Gasteiger partial charge in [-0.3, -0.25) is 9.59 Å². The van der Waals surface area contributed by atoms with Gasteiger partial charge in [0, 0.05) is 6.42 Å². The molecule has 0 aliphatic heterocycles. The van der Waals surface area contributed by atoms with E-state index in [-0.39, 0.29) is 17.6 Å². The Morgan fingerprint density at radius 1 is 1.30 bits per heavy atom. The Hall–Kier alpha value is -1.62. The fourth-order valence-corrected chi connectivity index (χ4v) is 4.04. The number of carbonyl (C=O) groups is 2. The Morgan fingerprint density at radius 3 is 2.78 bits per heavy atom. The van der Waals surface area contributed by atoms with Crippen LogP contribution in [0.4, 0.5) is 10.1 Å². The minimum absolute atomic E-state index is 0.103. The van der Waals surface area contributed by atoms with E-state index in [2.05, 4.69) is 5.32 Å². The van der Waals surface area contributed by atoms with E-state index in [4.69, 9.17) is 16.3 Å². The molecule has 2 fully saturated rings. The molecule has 0 unspecified atom stereocenters. The Kier molecular flexibility index (Phi) is 4.85. The standard InChI is InChI=1S/C17H19ClFNO3/c18-14-8-13(19)3-4-15(14)20-16(21)9-23-17(22)7-12-6-10-1-2-11(12)5-10/h3-4,8,10-12H,1-2,5-7,9H2,(H,20,21)/t10-,11-,12+/m0/s1. The number of ether oxygens (including phenoxy) is 1. The molecule has 0 heterocycles. The van der Waals surface area contributed by atoms with E-state index < -0.39 is 11.7 Å². The number of benzene rings is 1. The molecule has 2 aliphatic carbocycles. The largest absolute Gasteiger partial charge is 0.456 e. The molecule has 1 aromatic rings. The number of fused-ring (bicyclic) bond motifs is 2. The summed E-state index contributed by atoms with van der Waals surface area (Å²) in [6, 6.07) is 3.67. The average molecular weight is 340 g/mol. The number of carbonyl (C=O) groups excluding carboxylic acids is 2. The van der Waals surface area contributed by atoms with Crippen molar-refractivity contribution in [3.8, 4) is 0 Å². The highest BCUT2D eigenvalue weighted by atomic mass is 35.5. The summed E-state index contributed by atoms with van der Waals surface area (Å²) in [4.78, 5) is 23.6. The van der Waals surface area contributed by atoms with E-state index in [0.717, 1.165) is 18.4 Å². The van der Waals surface area contributed by atoms with Crippen LogP contribution in [0.5, 0.6) is 0 Å². The maximum atomic E-state index is 12.9. The van der Waals surface area contributed by atoms with Crippen LogP contribution >= 0.6 is 11.6 Å². The van der Waals surface area contributed by atoms with Crippen LogP contribution in [0.2, 0.25) is 5.02 Å². The summed E-state index contributed by atoms with van der Waals surface area (Å²) < 4.78 is 18.0. The third kappa shape index (κ3) is 4.02. The molecule has 23 heavy (non-hydrogen) atoms. The summed E-state index contributed by atoms with van der Waals surface area (Å²) in [6.07, 6.45) is 5.24. The topological polar surface area (TPSA) is 55.4 Å². The van der Waals surface area contributed by atoms with Crippen LogP contribution in [0.3, 0.4) is 0 Å². The lowest BCUT2D eigenvalue weighted by Gasteiger charge is -2.20. The molecule has 0 spiro atoms. The predicted octanol–water partition coefficient (Wildman–Crippen LogP) is 3.79. The van der Waals surface area contributed by atoms with Crippen LogP contribution < -0.4 is 5.32 Å². The minimum Gasteiger partial charge on any atom is -0.456 e. The van der Waals surface area contributed by atoms with Crippen molar-refractivity contribution in [2.75, 3.05) is 11.9 Å². The number of amides is 1. The number of hydrogen-bond donors (Lipinski definition) is 1. The smallest absolute Gasteiger partial charge is 0.306 e. The minimum atomic E-state index is -0.486. The molecule has 4 nitrogen and oxygen atoms in total. The Balaban J connectivity index is 1.42. The zero-order valence-electron chi connectivity index (χ0n) is 12.7. The lowest BCUT2D eigenvalue weighted by atomic mass is 9.86. The number of hydrogen-bond acceptors (Lipinski definition) is 3. The van der Waals surface area contributed by atoms with Gasteiger partial charge in [0.15, 0.2) is 6.61 Å². The van der Waals surface area contributed by atoms with Crippen LogP contribution in [0, 0.1) is 23.6 Å². The van der Waals surface area contributed by atoms with Crippen molar-refractivity contribution in [3.63, 3.8) is 0 Å². The first-order valence-electron chi connectivity index (χ1n) is 7.92. The van der Waals surface area contributed by atoms with Crippen molar-refractivity contribution in [1.82, 2.24) is 0 Å². The molecule has 0 aromatic heterocycles. The molecule has 3 atom stereocenters. The van der Waals surface area contributed by atoms with Crippen molar-refractivity contribution in [1.29, 1.82) is 0 Å². The molecule has 2 bridgehead atoms. The second-order valence-electron chi connectivity index (χ2n) is 6.47. The fraction of sp³-hybridized carbons (Fsp3) is 0.529. The van der Waals surface area contributed by atoms with Gasteiger partial charge in [-0.2, -0.15) is 0 Å². The third-order valence-corrected chi connectivity index (χ3v) is 5.20. The number of nitrogens with one attached hydrogen (secondary N) is 1. The van der Waals surface area contributed by atoms with Gasteiger partial charge in [-0.25, -0.2) is 4.39 Å². The summed E-state index contributed by atoms with van der Waals surface area (Å²) in [7, 11) is 0. The van der Waals surface area contributed by atoms with E-state index in [1.54, 1.807) is 0 Å². The lowest BCUT2D eigenvalue weighted by molar-refractivity contribution is -0.148. The van der Waals surface area contributed by atoms with Crippen molar-refractivity contribution in [2.24, 2.45) is 17.8 Å². The summed E-state index contributed by atoms with van der Waals surface area (Å²) in [6.45, 7) is -0.354. The molecule has 2 saturated carbocycles. The second kappa shape index (κ2) is 6.87. The molecule has 3 rings (SSSR count). The SMILES string of the molecule is O=C(COC(=O)C[C@H]1C[C@H]2CC[C@H]1C2)Nc1ccc(F)cc1Cl. The Bertz CT molecular complexity index is 622. The zero-order valence-corrected chi connectivity index (χ0v) is 13.4. The maximum absolute atomic E-state index is 12.9. The highest BCUT2D eigenvalue weighted by Gasteiger charge is 2.40. The molecule has 0 radical (unpaired) electrons. The predicted molar refractivity (Wildman–Crippen MR) is 84.6 cm³/mol. The second-order valence-corrected chi connectivity index (χ2v) is 6.88. The van der Waals surface area contributed by atoms with Gasteiger partial charge in [-0.05, 0) is 55.2 Å². The van der Waals surface area contributed by atoms with E-state index in [1.165, 1.54) is 31.4 Å². The molecular formula is C17H19ClFNO3. The first-order valence-corrected chi connectivity index (χ1v) is 8.29. The number of halogens is 2. The Morgan fingerprint density at radius 2 is 2.13 bits per heavy atom. The van der Waals surface area contributed by atoms with Crippen LogP contribution in [0.1, 0.15) is 32.1 Å². The summed E-state index contributed by atoms with van der Waals surface area (Å²) in [5, 5.41) is 2.60. The van der Waals surface area contributed by atoms with Crippen molar-refractivity contribution in [3.05, 3.63) is 29.0 Å². The van der Waals surface area contributed by atoms with Gasteiger partial charge in [0.25, 0.3) is 5.91 Å². The normalized spacial score (nSPS) is 25.4. The van der Waals surface area contributed by atoms with Crippen LogP contribution in [0.15, 0.2) is 18.2 Å².